The Bertz CT molecular complexity index is 939. The molecule has 1 aliphatic heterocycles. The summed E-state index contributed by atoms with van der Waals surface area (Å²) in [6.45, 7) is -0.988. The van der Waals surface area contributed by atoms with Gasteiger partial charge in [0.05, 0.1) is 5.02 Å². The number of ether oxygens (including phenoxy) is 1. The van der Waals surface area contributed by atoms with E-state index in [1.165, 1.54) is 24.4 Å². The largest absolute Gasteiger partial charge is 0.462 e. The maximum atomic E-state index is 14.5. The van der Waals surface area contributed by atoms with Crippen LogP contribution in [0.15, 0.2) is 35.5 Å². The first-order valence-corrected chi connectivity index (χ1v) is 8.48. The lowest BCUT2D eigenvalue weighted by molar-refractivity contribution is 0.102. The van der Waals surface area contributed by atoms with Gasteiger partial charge in [0.25, 0.3) is 11.9 Å². The van der Waals surface area contributed by atoms with Gasteiger partial charge in [0.1, 0.15) is 41.3 Å². The summed E-state index contributed by atoms with van der Waals surface area (Å²) in [5.74, 6) is -1.62. The van der Waals surface area contributed by atoms with E-state index in [0.29, 0.717) is 11.4 Å². The van der Waals surface area contributed by atoms with E-state index in [4.69, 9.17) is 22.1 Å². The van der Waals surface area contributed by atoms with E-state index in [2.05, 4.69) is 20.3 Å². The Hall–Kier alpha value is -2.81. The molecule has 2 aromatic rings. The van der Waals surface area contributed by atoms with Gasteiger partial charge in [-0.1, -0.05) is 11.6 Å². The van der Waals surface area contributed by atoms with Crippen molar-refractivity contribution in [1.29, 1.82) is 0 Å². The molecular weight excluding hydrogens is 380 g/mol. The molecule has 140 valence electrons. The summed E-state index contributed by atoms with van der Waals surface area (Å²) in [5.41, 5.74) is 3.94. The molecular formula is C17H14ClF2N5O2. The lowest BCUT2D eigenvalue weighted by Gasteiger charge is -2.30. The highest BCUT2D eigenvalue weighted by Crippen LogP contribution is 2.53. The van der Waals surface area contributed by atoms with E-state index in [9.17, 15) is 13.6 Å². The van der Waals surface area contributed by atoms with Crippen LogP contribution in [0, 0.1) is 11.7 Å². The van der Waals surface area contributed by atoms with E-state index in [1.807, 2.05) is 0 Å². The second-order valence-corrected chi connectivity index (χ2v) is 6.79. The van der Waals surface area contributed by atoms with Crippen LogP contribution in [0.2, 0.25) is 5.02 Å². The first-order chi connectivity index (χ1) is 12.9. The lowest BCUT2D eigenvalue weighted by Crippen LogP contribution is -2.40. The predicted molar refractivity (Wildman–Crippen MR) is 93.7 cm³/mol. The van der Waals surface area contributed by atoms with Gasteiger partial charge in [-0.15, -0.1) is 0 Å². The average molecular weight is 394 g/mol. The number of nitrogens with zero attached hydrogens (tertiary/aromatic N) is 3. The number of alkyl halides is 1. The van der Waals surface area contributed by atoms with E-state index in [1.54, 1.807) is 0 Å². The normalized spacial score (nSPS) is 25.8. The molecule has 4 rings (SSSR count). The molecule has 1 unspecified atom stereocenters. The van der Waals surface area contributed by atoms with Crippen LogP contribution in [0.25, 0.3) is 0 Å². The molecule has 2 aliphatic rings. The zero-order valence-corrected chi connectivity index (χ0v) is 14.6. The minimum atomic E-state index is -1.56. The minimum Gasteiger partial charge on any atom is -0.462 e. The summed E-state index contributed by atoms with van der Waals surface area (Å²) >= 11 is 5.74. The summed E-state index contributed by atoms with van der Waals surface area (Å²) < 4.78 is 33.8. The number of amides is 1. The van der Waals surface area contributed by atoms with Gasteiger partial charge in [-0.2, -0.15) is 0 Å². The predicted octanol–water partition coefficient (Wildman–Crippen LogP) is 2.42. The Balaban J connectivity index is 1.66. The van der Waals surface area contributed by atoms with Crippen molar-refractivity contribution in [3.63, 3.8) is 0 Å². The third-order valence-corrected chi connectivity index (χ3v) is 4.81. The van der Waals surface area contributed by atoms with Gasteiger partial charge < -0.3 is 15.8 Å². The maximum Gasteiger partial charge on any atom is 0.283 e. The van der Waals surface area contributed by atoms with Crippen molar-refractivity contribution in [2.45, 2.75) is 18.1 Å². The van der Waals surface area contributed by atoms with Crippen LogP contribution in [0.1, 0.15) is 22.6 Å². The second-order valence-electron chi connectivity index (χ2n) is 6.35. The van der Waals surface area contributed by atoms with Crippen molar-refractivity contribution in [2.75, 3.05) is 12.0 Å². The third-order valence-electron chi connectivity index (χ3n) is 4.59. The van der Waals surface area contributed by atoms with Crippen molar-refractivity contribution in [1.82, 2.24) is 9.97 Å². The molecule has 2 aromatic heterocycles. The minimum absolute atomic E-state index is 0.0402. The summed E-state index contributed by atoms with van der Waals surface area (Å²) in [7, 11) is 0. The van der Waals surface area contributed by atoms with Gasteiger partial charge in [0.15, 0.2) is 0 Å². The number of pyridine rings is 2. The molecule has 3 atom stereocenters. The monoisotopic (exact) mass is 393 g/mol. The number of hydrogen-bond acceptors (Lipinski definition) is 6. The number of fused-ring (bicyclic) bond motifs is 1. The number of aliphatic imine (C=N–C) groups is 1. The second kappa shape index (κ2) is 6.41. The smallest absolute Gasteiger partial charge is 0.283 e. The van der Waals surface area contributed by atoms with Crippen molar-refractivity contribution in [3.8, 4) is 0 Å². The fraction of sp³-hybridized carbons (Fsp3) is 0.294. The number of aromatic nitrogens is 2. The molecule has 10 heteroatoms. The SMILES string of the molecule is NC1=NC(CF)(c2nc(NC(=O)c3ccc(Cl)cn3)ccc2F)[C@@H]2C[C@@H]2O1. The number of hydrogen-bond donors (Lipinski definition) is 2. The number of nitrogens with two attached hydrogens (primary N) is 1. The lowest BCUT2D eigenvalue weighted by atomic mass is 9.89. The number of nitrogens with one attached hydrogen (secondary N) is 1. The Morgan fingerprint density at radius 1 is 1.41 bits per heavy atom. The average Bonchev–Trinajstić information content (AvgIpc) is 3.43. The highest BCUT2D eigenvalue weighted by Gasteiger charge is 2.60. The molecule has 0 aromatic carbocycles. The van der Waals surface area contributed by atoms with E-state index < -0.39 is 23.9 Å². The van der Waals surface area contributed by atoms with Crippen LogP contribution in [-0.2, 0) is 10.3 Å². The number of carbonyl (C=O) groups is 1. The number of amidine groups is 1. The molecule has 1 fully saturated rings. The molecule has 1 saturated carbocycles. The first kappa shape index (κ1) is 17.6. The molecule has 0 spiro atoms. The Labute approximate surface area is 157 Å². The first-order valence-electron chi connectivity index (χ1n) is 8.11. The summed E-state index contributed by atoms with van der Waals surface area (Å²) in [6.07, 6.45) is 1.52. The molecule has 3 heterocycles. The summed E-state index contributed by atoms with van der Waals surface area (Å²) in [4.78, 5) is 24.3. The van der Waals surface area contributed by atoms with Crippen LogP contribution < -0.4 is 11.1 Å². The van der Waals surface area contributed by atoms with Crippen molar-refractivity contribution in [2.24, 2.45) is 16.6 Å². The molecule has 0 radical (unpaired) electrons. The van der Waals surface area contributed by atoms with Gasteiger partial charge >= 0.3 is 0 Å². The van der Waals surface area contributed by atoms with Crippen molar-refractivity contribution < 1.29 is 18.3 Å². The Kier molecular flexibility index (Phi) is 4.18. The van der Waals surface area contributed by atoms with Gasteiger partial charge in [0.2, 0.25) is 0 Å². The van der Waals surface area contributed by atoms with Gasteiger partial charge in [0, 0.05) is 12.1 Å². The summed E-state index contributed by atoms with van der Waals surface area (Å²) in [5, 5.41) is 2.89. The quantitative estimate of drug-likeness (QED) is 0.830. The van der Waals surface area contributed by atoms with Crippen LogP contribution >= 0.6 is 11.6 Å². The molecule has 27 heavy (non-hydrogen) atoms. The Morgan fingerprint density at radius 2 is 2.22 bits per heavy atom. The Morgan fingerprint density at radius 3 is 2.93 bits per heavy atom. The van der Waals surface area contributed by atoms with E-state index in [0.717, 1.165) is 6.07 Å². The van der Waals surface area contributed by atoms with Crippen molar-refractivity contribution in [3.05, 3.63) is 52.7 Å². The van der Waals surface area contributed by atoms with Gasteiger partial charge in [-0.05, 0) is 30.7 Å². The number of anilines is 1. The number of rotatable bonds is 4. The van der Waals surface area contributed by atoms with Crippen LogP contribution in [0.3, 0.4) is 0 Å². The standard InChI is InChI=1S/C17H14ClF2N5O2/c18-8-1-3-11(22-6-8)15(26)24-13-4-2-10(20)14(23-13)17(7-19)9-5-12(9)27-16(21)25-17/h1-4,6,9,12H,5,7H2,(H2,21,25)(H,23,24,26)/t9-,12+,17?/m1/s1. The third kappa shape index (κ3) is 3.08. The zero-order valence-electron chi connectivity index (χ0n) is 13.8. The van der Waals surface area contributed by atoms with E-state index in [-0.39, 0.29) is 35.2 Å². The zero-order chi connectivity index (χ0) is 19.2. The summed E-state index contributed by atoms with van der Waals surface area (Å²) in [6, 6.07) is 5.12. The molecule has 3 N–H and O–H groups in total. The van der Waals surface area contributed by atoms with Crippen LogP contribution in [0.4, 0.5) is 14.6 Å². The highest BCUT2D eigenvalue weighted by molar-refractivity contribution is 6.30. The fourth-order valence-electron chi connectivity index (χ4n) is 3.19. The molecule has 7 nitrogen and oxygen atoms in total. The van der Waals surface area contributed by atoms with Crippen LogP contribution in [0.5, 0.6) is 0 Å². The number of carbonyl (C=O) groups excluding carboxylic acids is 1. The molecule has 1 aliphatic carbocycles. The number of halogens is 3. The highest BCUT2D eigenvalue weighted by atomic mass is 35.5. The van der Waals surface area contributed by atoms with E-state index >= 15 is 0 Å². The molecule has 0 bridgehead atoms. The molecule has 0 saturated heterocycles. The fourth-order valence-corrected chi connectivity index (χ4v) is 3.30. The van der Waals surface area contributed by atoms with Gasteiger partial charge in [-0.3, -0.25) is 4.79 Å². The topological polar surface area (TPSA) is 102 Å². The van der Waals surface area contributed by atoms with Crippen LogP contribution in [-0.4, -0.2) is 34.7 Å². The maximum absolute atomic E-state index is 14.5. The molecule has 1 amide bonds. The van der Waals surface area contributed by atoms with Crippen molar-refractivity contribution >= 4 is 29.3 Å². The van der Waals surface area contributed by atoms with Gasteiger partial charge in [-0.25, -0.2) is 23.7 Å².